The van der Waals surface area contributed by atoms with E-state index in [1.807, 2.05) is 12.1 Å². The maximum Gasteiger partial charge on any atom is 0.216 e. The standard InChI is InChI=1S/C16H23NO3S/c1-20-15-8-6-13(7-9-15)14-10-11-17(12-14)21(18,19)16-4-2-3-5-16/h6-9,14,16H,2-5,10-12H2,1H3. The Morgan fingerprint density at radius 1 is 1.10 bits per heavy atom. The van der Waals surface area contributed by atoms with E-state index >= 15 is 0 Å². The third-order valence-corrected chi connectivity index (χ3v) is 7.19. The summed E-state index contributed by atoms with van der Waals surface area (Å²) in [5.41, 5.74) is 1.21. The Hall–Kier alpha value is -1.07. The van der Waals surface area contributed by atoms with Gasteiger partial charge in [0.15, 0.2) is 0 Å². The number of rotatable bonds is 4. The van der Waals surface area contributed by atoms with Crippen LogP contribution in [0.3, 0.4) is 0 Å². The number of hydrogen-bond donors (Lipinski definition) is 0. The molecule has 3 rings (SSSR count). The highest BCUT2D eigenvalue weighted by molar-refractivity contribution is 7.89. The average molecular weight is 309 g/mol. The van der Waals surface area contributed by atoms with Gasteiger partial charge in [-0.2, -0.15) is 0 Å². The Morgan fingerprint density at radius 2 is 1.76 bits per heavy atom. The van der Waals surface area contributed by atoms with Crippen LogP contribution in [0, 0.1) is 0 Å². The molecular formula is C16H23NO3S. The Kier molecular flexibility index (Phi) is 4.22. The SMILES string of the molecule is COc1ccc(C2CCN(S(=O)(=O)C3CCCC3)C2)cc1. The molecule has 1 atom stereocenters. The Morgan fingerprint density at radius 3 is 2.38 bits per heavy atom. The number of nitrogens with zero attached hydrogens (tertiary/aromatic N) is 1. The van der Waals surface area contributed by atoms with Crippen LogP contribution in [0.2, 0.25) is 0 Å². The largest absolute Gasteiger partial charge is 0.497 e. The first kappa shape index (κ1) is 14.9. The van der Waals surface area contributed by atoms with E-state index in [2.05, 4.69) is 12.1 Å². The molecule has 21 heavy (non-hydrogen) atoms. The van der Waals surface area contributed by atoms with E-state index < -0.39 is 10.0 Å². The molecule has 0 aromatic heterocycles. The van der Waals surface area contributed by atoms with Gasteiger partial charge < -0.3 is 4.74 Å². The van der Waals surface area contributed by atoms with Crippen LogP contribution in [0.4, 0.5) is 0 Å². The van der Waals surface area contributed by atoms with Gasteiger partial charge in [-0.1, -0.05) is 25.0 Å². The normalized spacial score (nSPS) is 24.5. The zero-order valence-electron chi connectivity index (χ0n) is 12.5. The second-order valence-electron chi connectivity index (χ2n) is 6.07. The third kappa shape index (κ3) is 2.94. The quantitative estimate of drug-likeness (QED) is 0.859. The Bertz CT molecular complexity index is 576. The van der Waals surface area contributed by atoms with Crippen molar-refractivity contribution in [1.82, 2.24) is 4.31 Å². The van der Waals surface area contributed by atoms with Gasteiger partial charge >= 0.3 is 0 Å². The van der Waals surface area contributed by atoms with Crippen molar-refractivity contribution in [1.29, 1.82) is 0 Å². The van der Waals surface area contributed by atoms with E-state index in [0.717, 1.165) is 37.9 Å². The summed E-state index contributed by atoms with van der Waals surface area (Å²) in [6, 6.07) is 8.00. The number of benzene rings is 1. The molecule has 0 amide bonds. The van der Waals surface area contributed by atoms with Crippen molar-refractivity contribution in [2.45, 2.75) is 43.3 Å². The molecule has 4 nitrogen and oxygen atoms in total. The molecule has 5 heteroatoms. The Balaban J connectivity index is 1.69. The molecule has 2 aliphatic rings. The molecule has 2 fully saturated rings. The van der Waals surface area contributed by atoms with Crippen LogP contribution < -0.4 is 4.74 Å². The fourth-order valence-electron chi connectivity index (χ4n) is 3.50. The lowest BCUT2D eigenvalue weighted by atomic mass is 9.99. The van der Waals surface area contributed by atoms with Crippen molar-refractivity contribution in [2.24, 2.45) is 0 Å². The zero-order valence-corrected chi connectivity index (χ0v) is 13.3. The maximum absolute atomic E-state index is 12.6. The van der Waals surface area contributed by atoms with Crippen LogP contribution in [-0.2, 0) is 10.0 Å². The van der Waals surface area contributed by atoms with Crippen molar-refractivity contribution in [3.8, 4) is 5.75 Å². The van der Waals surface area contributed by atoms with Gasteiger partial charge in [0.05, 0.1) is 12.4 Å². The van der Waals surface area contributed by atoms with Crippen molar-refractivity contribution in [3.63, 3.8) is 0 Å². The van der Waals surface area contributed by atoms with Gasteiger partial charge in [0.1, 0.15) is 5.75 Å². The summed E-state index contributed by atoms with van der Waals surface area (Å²) < 4.78 is 32.1. The summed E-state index contributed by atoms with van der Waals surface area (Å²) in [7, 11) is -1.43. The highest BCUT2D eigenvalue weighted by Crippen LogP contribution is 2.34. The number of sulfonamides is 1. The van der Waals surface area contributed by atoms with Gasteiger partial charge in [-0.25, -0.2) is 12.7 Å². The lowest BCUT2D eigenvalue weighted by molar-refractivity contribution is 0.414. The smallest absolute Gasteiger partial charge is 0.216 e. The Labute approximate surface area is 127 Å². The summed E-state index contributed by atoms with van der Waals surface area (Å²) >= 11 is 0. The fraction of sp³-hybridized carbons (Fsp3) is 0.625. The van der Waals surface area contributed by atoms with Crippen LogP contribution in [0.15, 0.2) is 24.3 Å². The van der Waals surface area contributed by atoms with E-state index in [0.29, 0.717) is 19.0 Å². The molecule has 1 aromatic rings. The average Bonchev–Trinajstić information content (AvgIpc) is 3.19. The lowest BCUT2D eigenvalue weighted by Crippen LogP contribution is -2.35. The molecule has 1 unspecified atom stereocenters. The minimum absolute atomic E-state index is 0.132. The molecule has 116 valence electrons. The molecule has 1 saturated carbocycles. The summed E-state index contributed by atoms with van der Waals surface area (Å²) in [5.74, 6) is 1.15. The number of hydrogen-bond acceptors (Lipinski definition) is 3. The zero-order chi connectivity index (χ0) is 14.9. The van der Waals surface area contributed by atoms with Crippen LogP contribution in [0.1, 0.15) is 43.6 Å². The minimum Gasteiger partial charge on any atom is -0.497 e. The van der Waals surface area contributed by atoms with Crippen LogP contribution in [0.5, 0.6) is 5.75 Å². The van der Waals surface area contributed by atoms with Gasteiger partial charge in [-0.3, -0.25) is 0 Å². The number of ether oxygens (including phenoxy) is 1. The molecule has 0 spiro atoms. The van der Waals surface area contributed by atoms with E-state index in [1.165, 1.54) is 5.56 Å². The van der Waals surface area contributed by atoms with Gasteiger partial charge in [0.25, 0.3) is 0 Å². The maximum atomic E-state index is 12.6. The molecule has 1 aromatic carbocycles. The van der Waals surface area contributed by atoms with Crippen molar-refractivity contribution in [2.75, 3.05) is 20.2 Å². The second-order valence-corrected chi connectivity index (χ2v) is 8.28. The third-order valence-electron chi connectivity index (χ3n) is 4.82. The number of methoxy groups -OCH3 is 1. The summed E-state index contributed by atoms with van der Waals surface area (Å²) in [5, 5.41) is -0.132. The topological polar surface area (TPSA) is 46.6 Å². The van der Waals surface area contributed by atoms with Crippen molar-refractivity contribution >= 4 is 10.0 Å². The summed E-state index contributed by atoms with van der Waals surface area (Å²) in [6.45, 7) is 1.29. The van der Waals surface area contributed by atoms with E-state index in [4.69, 9.17) is 4.74 Å². The monoisotopic (exact) mass is 309 g/mol. The molecule has 0 bridgehead atoms. The van der Waals surface area contributed by atoms with Crippen LogP contribution in [-0.4, -0.2) is 38.2 Å². The van der Waals surface area contributed by atoms with Gasteiger partial charge in [0, 0.05) is 13.1 Å². The fourth-order valence-corrected chi connectivity index (χ4v) is 5.60. The minimum atomic E-state index is -3.08. The van der Waals surface area contributed by atoms with Gasteiger partial charge in [-0.05, 0) is 42.9 Å². The van der Waals surface area contributed by atoms with E-state index in [9.17, 15) is 8.42 Å². The van der Waals surface area contributed by atoms with Gasteiger partial charge in [-0.15, -0.1) is 0 Å². The highest BCUT2D eigenvalue weighted by Gasteiger charge is 2.38. The van der Waals surface area contributed by atoms with Gasteiger partial charge in [0.2, 0.25) is 10.0 Å². The predicted octanol–water partition coefficient (Wildman–Crippen LogP) is 2.76. The molecule has 1 aliphatic carbocycles. The predicted molar refractivity (Wildman–Crippen MR) is 83.1 cm³/mol. The van der Waals surface area contributed by atoms with Crippen LogP contribution in [0.25, 0.3) is 0 Å². The van der Waals surface area contributed by atoms with Crippen molar-refractivity contribution < 1.29 is 13.2 Å². The molecule has 1 saturated heterocycles. The summed E-state index contributed by atoms with van der Waals surface area (Å²) in [6.07, 6.45) is 4.70. The van der Waals surface area contributed by atoms with Crippen LogP contribution >= 0.6 is 0 Å². The van der Waals surface area contributed by atoms with Crippen molar-refractivity contribution in [3.05, 3.63) is 29.8 Å². The van der Waals surface area contributed by atoms with E-state index in [-0.39, 0.29) is 5.25 Å². The highest BCUT2D eigenvalue weighted by atomic mass is 32.2. The first-order valence-electron chi connectivity index (χ1n) is 7.74. The summed E-state index contributed by atoms with van der Waals surface area (Å²) in [4.78, 5) is 0. The molecule has 1 aliphatic heterocycles. The molecule has 0 radical (unpaired) electrons. The lowest BCUT2D eigenvalue weighted by Gasteiger charge is -2.21. The molecule has 0 N–H and O–H groups in total. The van der Waals surface area contributed by atoms with E-state index in [1.54, 1.807) is 11.4 Å². The molecule has 1 heterocycles. The molecular weight excluding hydrogens is 286 g/mol. The second kappa shape index (κ2) is 5.97. The first-order valence-corrected chi connectivity index (χ1v) is 9.24. The first-order chi connectivity index (χ1) is 10.1.